The number of hydrogen-bond donors (Lipinski definition) is 0. The van der Waals surface area contributed by atoms with Gasteiger partial charge in [0.05, 0.1) is 24.4 Å². The van der Waals surface area contributed by atoms with E-state index < -0.39 is 0 Å². The summed E-state index contributed by atoms with van der Waals surface area (Å²) in [7, 11) is 1.65. The molecular weight excluding hydrogens is 388 g/mol. The number of likely N-dealkylation sites (tertiary alicyclic amines) is 1. The number of carbonyl (C=O) groups is 1. The Balaban J connectivity index is 1.39. The molecule has 1 unspecified atom stereocenters. The number of nitrogens with zero attached hydrogens (tertiary/aromatic N) is 2. The summed E-state index contributed by atoms with van der Waals surface area (Å²) < 4.78 is 11.0. The normalized spacial score (nSPS) is 16.2. The number of halogens is 1. The third kappa shape index (κ3) is 4.30. The molecule has 1 saturated heterocycles. The fraction of sp³-hybridized carbons (Fsp3) is 0.304. The molecule has 2 aromatic carbocycles. The zero-order chi connectivity index (χ0) is 20.2. The van der Waals surface area contributed by atoms with E-state index >= 15 is 0 Å². The van der Waals surface area contributed by atoms with E-state index in [1.54, 1.807) is 13.3 Å². The highest BCUT2D eigenvalue weighted by Crippen LogP contribution is 2.33. The Bertz CT molecular complexity index is 984. The van der Waals surface area contributed by atoms with Gasteiger partial charge in [-0.05, 0) is 42.7 Å². The molecule has 6 heteroatoms. The molecule has 150 valence electrons. The molecule has 0 N–H and O–H groups in total. The van der Waals surface area contributed by atoms with Crippen LogP contribution in [0.5, 0.6) is 5.75 Å². The third-order valence-corrected chi connectivity index (χ3v) is 5.65. The van der Waals surface area contributed by atoms with Crippen molar-refractivity contribution >= 4 is 17.5 Å². The topological polar surface area (TPSA) is 55.6 Å². The fourth-order valence-corrected chi connectivity index (χ4v) is 4.04. The van der Waals surface area contributed by atoms with Crippen LogP contribution in [0.15, 0.2) is 59.1 Å². The second kappa shape index (κ2) is 8.70. The van der Waals surface area contributed by atoms with Crippen LogP contribution in [0.3, 0.4) is 0 Å². The molecule has 1 aromatic heterocycles. The molecule has 4 rings (SSSR count). The minimum absolute atomic E-state index is 0.122. The Hall–Kier alpha value is -2.79. The van der Waals surface area contributed by atoms with Crippen molar-refractivity contribution in [2.45, 2.75) is 31.7 Å². The molecule has 1 fully saturated rings. The molecule has 5 nitrogen and oxygen atoms in total. The van der Waals surface area contributed by atoms with Crippen LogP contribution in [0, 0.1) is 0 Å². The monoisotopic (exact) mass is 410 g/mol. The number of ether oxygens (including phenoxy) is 1. The zero-order valence-corrected chi connectivity index (χ0v) is 17.1. The Labute approximate surface area is 175 Å². The molecule has 0 saturated carbocycles. The first kappa shape index (κ1) is 19.5. The first-order valence-electron chi connectivity index (χ1n) is 9.78. The van der Waals surface area contributed by atoms with Gasteiger partial charge in [-0.25, -0.2) is 4.98 Å². The molecule has 1 aliphatic heterocycles. The standard InChI is InChI=1S/C23H23ClN2O3/c1-28-17-10-8-16(9-11-17)20-7-4-14-26(20)23(27)13-12-22-25-15-21(29-22)18-5-2-3-6-19(18)24/h2-3,5-6,8-11,15,20H,4,7,12-14H2,1H3. The van der Waals surface area contributed by atoms with Crippen molar-refractivity contribution in [3.63, 3.8) is 0 Å². The summed E-state index contributed by atoms with van der Waals surface area (Å²) in [6, 6.07) is 15.6. The molecule has 2 heterocycles. The summed E-state index contributed by atoms with van der Waals surface area (Å²) in [5.41, 5.74) is 1.95. The second-order valence-electron chi connectivity index (χ2n) is 7.12. The van der Waals surface area contributed by atoms with Crippen molar-refractivity contribution in [2.24, 2.45) is 0 Å². The van der Waals surface area contributed by atoms with Crippen molar-refractivity contribution < 1.29 is 13.9 Å². The Kier molecular flexibility index (Phi) is 5.86. The third-order valence-electron chi connectivity index (χ3n) is 5.32. The second-order valence-corrected chi connectivity index (χ2v) is 7.52. The van der Waals surface area contributed by atoms with E-state index in [-0.39, 0.29) is 11.9 Å². The van der Waals surface area contributed by atoms with Crippen molar-refractivity contribution in [3.8, 4) is 17.1 Å². The summed E-state index contributed by atoms with van der Waals surface area (Å²) >= 11 is 6.22. The minimum Gasteiger partial charge on any atom is -0.497 e. The summed E-state index contributed by atoms with van der Waals surface area (Å²) in [5, 5.41) is 0.616. The van der Waals surface area contributed by atoms with Gasteiger partial charge in [0.15, 0.2) is 11.7 Å². The van der Waals surface area contributed by atoms with E-state index in [2.05, 4.69) is 4.98 Å². The molecule has 0 bridgehead atoms. The lowest BCUT2D eigenvalue weighted by Crippen LogP contribution is -2.30. The van der Waals surface area contributed by atoms with E-state index in [9.17, 15) is 4.79 Å². The van der Waals surface area contributed by atoms with E-state index in [0.29, 0.717) is 29.5 Å². The predicted molar refractivity (Wildman–Crippen MR) is 112 cm³/mol. The summed E-state index contributed by atoms with van der Waals surface area (Å²) in [5.74, 6) is 2.12. The number of rotatable bonds is 6. The number of aromatic nitrogens is 1. The van der Waals surface area contributed by atoms with Gasteiger partial charge in [-0.15, -0.1) is 0 Å². The van der Waals surface area contributed by atoms with Gasteiger partial charge in [-0.2, -0.15) is 0 Å². The van der Waals surface area contributed by atoms with E-state index in [1.807, 2.05) is 53.4 Å². The number of hydrogen-bond acceptors (Lipinski definition) is 4. The number of methoxy groups -OCH3 is 1. The van der Waals surface area contributed by atoms with Crippen LogP contribution in [-0.2, 0) is 11.2 Å². The van der Waals surface area contributed by atoms with Crippen LogP contribution in [0.25, 0.3) is 11.3 Å². The SMILES string of the molecule is COc1ccc(C2CCCN2C(=O)CCc2ncc(-c3ccccc3Cl)o2)cc1. The Morgan fingerprint density at radius 1 is 1.24 bits per heavy atom. The van der Waals surface area contributed by atoms with Crippen molar-refractivity contribution in [1.29, 1.82) is 0 Å². The maximum Gasteiger partial charge on any atom is 0.223 e. The lowest BCUT2D eigenvalue weighted by atomic mass is 10.0. The lowest BCUT2D eigenvalue weighted by Gasteiger charge is -2.25. The Morgan fingerprint density at radius 3 is 2.79 bits per heavy atom. The van der Waals surface area contributed by atoms with Gasteiger partial charge in [0.1, 0.15) is 5.75 Å². The summed E-state index contributed by atoms with van der Waals surface area (Å²) in [6.07, 6.45) is 4.49. The van der Waals surface area contributed by atoms with E-state index in [1.165, 1.54) is 0 Å². The molecule has 29 heavy (non-hydrogen) atoms. The smallest absolute Gasteiger partial charge is 0.223 e. The molecule has 1 atom stereocenters. The maximum absolute atomic E-state index is 12.9. The molecule has 1 amide bonds. The van der Waals surface area contributed by atoms with Gasteiger partial charge in [-0.3, -0.25) is 4.79 Å². The quantitative estimate of drug-likeness (QED) is 0.553. The van der Waals surface area contributed by atoms with Crippen LogP contribution < -0.4 is 4.74 Å². The van der Waals surface area contributed by atoms with E-state index in [0.717, 1.165) is 36.3 Å². The molecule has 1 aliphatic rings. The number of benzene rings is 2. The largest absolute Gasteiger partial charge is 0.497 e. The van der Waals surface area contributed by atoms with Gasteiger partial charge in [-0.1, -0.05) is 35.9 Å². The molecule has 0 spiro atoms. The number of aryl methyl sites for hydroxylation is 1. The van der Waals surface area contributed by atoms with Crippen molar-refractivity contribution in [2.75, 3.05) is 13.7 Å². The van der Waals surface area contributed by atoms with Gasteiger partial charge in [0.25, 0.3) is 0 Å². The highest BCUT2D eigenvalue weighted by atomic mass is 35.5. The molecular formula is C23H23ClN2O3. The lowest BCUT2D eigenvalue weighted by molar-refractivity contribution is -0.132. The highest BCUT2D eigenvalue weighted by molar-refractivity contribution is 6.33. The Morgan fingerprint density at radius 2 is 2.03 bits per heavy atom. The average molecular weight is 411 g/mol. The predicted octanol–water partition coefficient (Wildman–Crippen LogP) is 5.30. The van der Waals surface area contributed by atoms with E-state index in [4.69, 9.17) is 20.8 Å². The fourth-order valence-electron chi connectivity index (χ4n) is 3.81. The van der Waals surface area contributed by atoms with Crippen LogP contribution >= 0.6 is 11.6 Å². The van der Waals surface area contributed by atoms with Crippen LogP contribution in [0.2, 0.25) is 5.02 Å². The van der Waals surface area contributed by atoms with Gasteiger partial charge >= 0.3 is 0 Å². The zero-order valence-electron chi connectivity index (χ0n) is 16.3. The maximum atomic E-state index is 12.9. The van der Waals surface area contributed by atoms with Crippen molar-refractivity contribution in [1.82, 2.24) is 9.88 Å². The van der Waals surface area contributed by atoms with Crippen LogP contribution in [0.4, 0.5) is 0 Å². The molecule has 0 radical (unpaired) electrons. The van der Waals surface area contributed by atoms with Gasteiger partial charge < -0.3 is 14.1 Å². The highest BCUT2D eigenvalue weighted by Gasteiger charge is 2.29. The molecule has 0 aliphatic carbocycles. The first-order valence-corrected chi connectivity index (χ1v) is 10.2. The first-order chi connectivity index (χ1) is 14.2. The van der Waals surface area contributed by atoms with Crippen LogP contribution in [0.1, 0.15) is 36.8 Å². The number of oxazole rings is 1. The number of amides is 1. The summed E-state index contributed by atoms with van der Waals surface area (Å²) in [4.78, 5) is 19.2. The van der Waals surface area contributed by atoms with Crippen LogP contribution in [-0.4, -0.2) is 29.4 Å². The average Bonchev–Trinajstić information content (AvgIpc) is 3.42. The van der Waals surface area contributed by atoms with Gasteiger partial charge in [0, 0.05) is 24.9 Å². The van der Waals surface area contributed by atoms with Gasteiger partial charge in [0.2, 0.25) is 5.91 Å². The summed E-state index contributed by atoms with van der Waals surface area (Å²) in [6.45, 7) is 0.784. The molecule has 3 aromatic rings. The minimum atomic E-state index is 0.122. The van der Waals surface area contributed by atoms with Crippen molar-refractivity contribution in [3.05, 3.63) is 71.2 Å². The number of carbonyl (C=O) groups excluding carboxylic acids is 1.